The Balaban J connectivity index is 4.59. The number of rotatable bonds is 70. The second kappa shape index (κ2) is 71.5. The zero-order valence-electron chi connectivity index (χ0n) is 60.5. The Morgan fingerprint density at radius 2 is 0.567 bits per heavy atom. The van der Waals surface area contributed by atoms with Gasteiger partial charge in [0.25, 0.3) is 0 Å². The van der Waals surface area contributed by atoms with Crippen LogP contribution in [-0.4, -0.2) is 95.9 Å². The Labute approximate surface area is 588 Å². The SMILES string of the molecule is CC/C=C\C/C=C\C/C=C\C/C=C\C/C=C\CCCCCCCCCC(=O)OCC(COP(=O)(O)OCC(O)COP(=O)(O)OCC(O)COC(=O)CCCCCCCCCCC/C=C\C/C=C\C/C=C\C/C=C\CCCCC)OC(=O)CCCCCCC/C=C\C/C=C\CCC. The number of aliphatic hydroxyl groups excluding tert-OH is 2. The number of allylic oxidation sites excluding steroid dienone is 22. The molecule has 16 nitrogen and oxygen atoms in total. The van der Waals surface area contributed by atoms with E-state index in [1.54, 1.807) is 0 Å². The smallest absolute Gasteiger partial charge is 0.463 e. The lowest BCUT2D eigenvalue weighted by molar-refractivity contribution is -0.161. The number of unbranched alkanes of at least 4 members (excludes halogenated alkanes) is 25. The normalized spacial score (nSPS) is 14.8. The van der Waals surface area contributed by atoms with Crippen LogP contribution in [-0.2, 0) is 55.8 Å². The molecule has 0 fully saturated rings. The van der Waals surface area contributed by atoms with E-state index in [2.05, 4.69) is 154 Å². The fraction of sp³-hybridized carbons (Fsp3) is 0.684. The monoisotopic (exact) mass is 1400 g/mol. The maximum Gasteiger partial charge on any atom is 0.472 e. The van der Waals surface area contributed by atoms with Crippen LogP contribution in [0.1, 0.15) is 290 Å². The average molecular weight is 1400 g/mol. The van der Waals surface area contributed by atoms with Crippen LogP contribution in [0, 0.1) is 0 Å². The number of phosphoric ester groups is 2. The first-order chi connectivity index (χ1) is 47.2. The molecule has 0 saturated carbocycles. The molecule has 0 radical (unpaired) electrons. The van der Waals surface area contributed by atoms with E-state index in [0.717, 1.165) is 180 Å². The average Bonchev–Trinajstić information content (AvgIpc) is 1.87. The van der Waals surface area contributed by atoms with Gasteiger partial charge in [-0.2, -0.15) is 0 Å². The number of esters is 3. The molecule has 0 heterocycles. The summed E-state index contributed by atoms with van der Waals surface area (Å²) in [5.41, 5.74) is 0. The molecule has 0 aliphatic rings. The number of aliphatic hydroxyl groups is 2. The maximum atomic E-state index is 12.9. The van der Waals surface area contributed by atoms with Gasteiger partial charge in [-0.1, -0.05) is 270 Å². The highest BCUT2D eigenvalue weighted by atomic mass is 31.2. The van der Waals surface area contributed by atoms with Crippen LogP contribution in [0.15, 0.2) is 134 Å². The molecule has 5 unspecified atom stereocenters. The van der Waals surface area contributed by atoms with Crippen molar-refractivity contribution in [3.8, 4) is 0 Å². The molecule has 4 N–H and O–H groups in total. The van der Waals surface area contributed by atoms with Gasteiger partial charge in [0.05, 0.1) is 26.4 Å². The number of ether oxygens (including phenoxy) is 3. The highest BCUT2D eigenvalue weighted by Gasteiger charge is 2.29. The van der Waals surface area contributed by atoms with E-state index < -0.39 is 91.5 Å². The predicted octanol–water partition coefficient (Wildman–Crippen LogP) is 21.5. The summed E-state index contributed by atoms with van der Waals surface area (Å²) in [7, 11) is -9.80. The van der Waals surface area contributed by atoms with E-state index in [1.807, 2.05) is 0 Å². The Morgan fingerprint density at radius 3 is 0.907 bits per heavy atom. The molecule has 0 aliphatic heterocycles. The van der Waals surface area contributed by atoms with Crippen molar-refractivity contribution in [2.24, 2.45) is 0 Å². The fourth-order valence-electron chi connectivity index (χ4n) is 9.62. The van der Waals surface area contributed by atoms with E-state index in [-0.39, 0.29) is 19.3 Å². The van der Waals surface area contributed by atoms with Gasteiger partial charge in [0.2, 0.25) is 0 Å². The summed E-state index contributed by atoms with van der Waals surface area (Å²) in [4.78, 5) is 58.5. The molecule has 0 aromatic rings. The van der Waals surface area contributed by atoms with Gasteiger partial charge in [0.15, 0.2) is 6.10 Å². The minimum Gasteiger partial charge on any atom is -0.463 e. The van der Waals surface area contributed by atoms with Crippen molar-refractivity contribution in [3.63, 3.8) is 0 Å². The van der Waals surface area contributed by atoms with E-state index in [1.165, 1.54) is 51.4 Å². The molecule has 0 bridgehead atoms. The van der Waals surface area contributed by atoms with E-state index in [9.17, 15) is 43.5 Å². The van der Waals surface area contributed by atoms with E-state index >= 15 is 0 Å². The van der Waals surface area contributed by atoms with Gasteiger partial charge in [-0.15, -0.1) is 0 Å². The molecule has 5 atom stereocenters. The molecule has 97 heavy (non-hydrogen) atoms. The lowest BCUT2D eigenvalue weighted by Crippen LogP contribution is -2.30. The Hall–Kier alpha value is -4.31. The van der Waals surface area contributed by atoms with Crippen LogP contribution in [0.2, 0.25) is 0 Å². The Bertz CT molecular complexity index is 2300. The molecule has 0 spiro atoms. The van der Waals surface area contributed by atoms with Gasteiger partial charge in [-0.05, 0) is 135 Å². The van der Waals surface area contributed by atoms with Crippen molar-refractivity contribution in [3.05, 3.63) is 134 Å². The molecular weight excluding hydrogens is 1270 g/mol. The maximum absolute atomic E-state index is 12.9. The van der Waals surface area contributed by atoms with E-state index in [4.69, 9.17) is 32.3 Å². The number of carbonyl (C=O) groups is 3. The van der Waals surface area contributed by atoms with Crippen molar-refractivity contribution in [1.82, 2.24) is 0 Å². The highest BCUT2D eigenvalue weighted by Crippen LogP contribution is 2.45. The summed E-state index contributed by atoms with van der Waals surface area (Å²) in [6.07, 6.45) is 85.0. The summed E-state index contributed by atoms with van der Waals surface area (Å²) in [5.74, 6) is -1.61. The van der Waals surface area contributed by atoms with Gasteiger partial charge >= 0.3 is 33.6 Å². The molecule has 0 rings (SSSR count). The standard InChI is InChI=1S/C79H134O16P2/c1-4-7-10-13-16-19-22-25-27-29-31-33-35-36-38-40-41-43-45-48-50-53-56-59-62-65-77(82)89-68-74(80)69-91-96(85,86)92-70-75(81)71-93-97(87,88)94-73-76(95-79(84)67-64-61-58-55-52-47-24-21-18-15-12-9-6-3)72-90-78(83)66-63-60-57-54-51-49-46-44-42-39-37-34-32-30-28-26-23-20-17-14-11-8-5-2/h8,11-12,15-17,19-21,24-28,31-34,36,38-39,42,74-76,80-81H,4-7,9-10,13-14,18,22-23,29-30,35,37,40-41,43-73H2,1-3H3,(H,85,86)(H,87,88)/b11-8-,15-12-,19-16-,20-17-,24-21-,27-25-,28-26-,33-31-,34-32-,38-36-,42-39-. The van der Waals surface area contributed by atoms with Gasteiger partial charge in [-0.3, -0.25) is 32.5 Å². The first kappa shape index (κ1) is 92.7. The number of carbonyl (C=O) groups excluding carboxylic acids is 3. The molecule has 18 heteroatoms. The second-order valence-electron chi connectivity index (χ2n) is 24.7. The number of hydrogen-bond donors (Lipinski definition) is 4. The Morgan fingerprint density at radius 1 is 0.299 bits per heavy atom. The number of phosphoric acid groups is 2. The summed E-state index contributed by atoms with van der Waals surface area (Å²) >= 11 is 0. The Kier molecular flexibility index (Phi) is 68.3. The van der Waals surface area contributed by atoms with Crippen LogP contribution in [0.4, 0.5) is 0 Å². The summed E-state index contributed by atoms with van der Waals surface area (Å²) in [5, 5.41) is 20.6. The van der Waals surface area contributed by atoms with Crippen molar-refractivity contribution < 1.29 is 75.8 Å². The topological polar surface area (TPSA) is 231 Å². The van der Waals surface area contributed by atoms with Crippen molar-refractivity contribution >= 4 is 33.6 Å². The van der Waals surface area contributed by atoms with Crippen molar-refractivity contribution in [2.75, 3.05) is 39.6 Å². The molecule has 0 aromatic heterocycles. The molecule has 0 amide bonds. The van der Waals surface area contributed by atoms with Gasteiger partial charge in [0.1, 0.15) is 25.4 Å². The van der Waals surface area contributed by atoms with Gasteiger partial charge in [-0.25, -0.2) is 9.13 Å². The van der Waals surface area contributed by atoms with Crippen molar-refractivity contribution in [1.29, 1.82) is 0 Å². The van der Waals surface area contributed by atoms with Gasteiger partial charge in [0, 0.05) is 19.3 Å². The first-order valence-electron chi connectivity index (χ1n) is 37.5. The molecular formula is C79H134O16P2. The summed E-state index contributed by atoms with van der Waals surface area (Å²) < 4.78 is 61.0. The lowest BCUT2D eigenvalue weighted by Gasteiger charge is -2.21. The third kappa shape index (κ3) is 72.8. The summed E-state index contributed by atoms with van der Waals surface area (Å²) in [6, 6.07) is 0. The van der Waals surface area contributed by atoms with Gasteiger partial charge < -0.3 is 34.2 Å². The third-order valence-electron chi connectivity index (χ3n) is 15.3. The molecule has 0 aliphatic carbocycles. The second-order valence-corrected chi connectivity index (χ2v) is 27.6. The van der Waals surface area contributed by atoms with E-state index in [0.29, 0.717) is 19.3 Å². The highest BCUT2D eigenvalue weighted by molar-refractivity contribution is 7.47. The third-order valence-corrected chi connectivity index (χ3v) is 17.2. The van der Waals surface area contributed by atoms with Crippen LogP contribution < -0.4 is 0 Å². The number of hydrogen-bond acceptors (Lipinski definition) is 14. The van der Waals surface area contributed by atoms with Crippen LogP contribution in [0.25, 0.3) is 0 Å². The van der Waals surface area contributed by atoms with Crippen LogP contribution in [0.3, 0.4) is 0 Å². The van der Waals surface area contributed by atoms with Crippen molar-refractivity contribution in [2.45, 2.75) is 309 Å². The molecule has 0 aromatic carbocycles. The van der Waals surface area contributed by atoms with Crippen LogP contribution in [0.5, 0.6) is 0 Å². The quantitative estimate of drug-likeness (QED) is 0.0146. The minimum atomic E-state index is -4.94. The fourth-order valence-corrected chi connectivity index (χ4v) is 11.2. The minimum absolute atomic E-state index is 0.0821. The summed E-state index contributed by atoms with van der Waals surface area (Å²) in [6.45, 7) is 2.43. The zero-order chi connectivity index (χ0) is 70.9. The predicted molar refractivity (Wildman–Crippen MR) is 399 cm³/mol. The molecule has 0 saturated heterocycles. The first-order valence-corrected chi connectivity index (χ1v) is 40.5. The lowest BCUT2D eigenvalue weighted by atomic mass is 10.1. The largest absolute Gasteiger partial charge is 0.472 e. The molecule has 556 valence electrons. The van der Waals surface area contributed by atoms with Crippen LogP contribution >= 0.6 is 15.6 Å². The zero-order valence-corrected chi connectivity index (χ0v) is 62.2.